The van der Waals surface area contributed by atoms with E-state index in [0.717, 1.165) is 4.31 Å². The van der Waals surface area contributed by atoms with Gasteiger partial charge in [-0.05, 0) is 24.3 Å². The molecular weight excluding hydrogens is 448 g/mol. The topological polar surface area (TPSA) is 120 Å². The lowest BCUT2D eigenvalue weighted by atomic mass is 10.1. The molecule has 0 aliphatic carbocycles. The number of hydrogen-bond donors (Lipinski definition) is 1. The van der Waals surface area contributed by atoms with E-state index >= 15 is 0 Å². The monoisotopic (exact) mass is 468 g/mol. The first-order chi connectivity index (χ1) is 15.2. The number of benzene rings is 2. The summed E-state index contributed by atoms with van der Waals surface area (Å²) in [6, 6.07) is 14.8. The minimum absolute atomic E-state index is 0.00515. The molecule has 0 aliphatic rings. The van der Waals surface area contributed by atoms with E-state index in [9.17, 15) is 23.3 Å². The highest BCUT2D eigenvalue weighted by Crippen LogP contribution is 2.25. The van der Waals surface area contributed by atoms with Crippen molar-refractivity contribution >= 4 is 33.1 Å². The van der Waals surface area contributed by atoms with Crippen LogP contribution in [0.3, 0.4) is 0 Å². The zero-order chi connectivity index (χ0) is 23.3. The molecule has 1 aromatic heterocycles. The zero-order valence-corrected chi connectivity index (χ0v) is 19.0. The molecule has 0 fully saturated rings. The lowest BCUT2D eigenvalue weighted by Gasteiger charge is -2.12. The van der Waals surface area contributed by atoms with Crippen LogP contribution in [0.4, 0.5) is 0 Å². The van der Waals surface area contributed by atoms with Gasteiger partial charge in [-0.25, -0.2) is 17.7 Å². The Balaban J connectivity index is 1.62. The molecule has 0 saturated heterocycles. The summed E-state index contributed by atoms with van der Waals surface area (Å²) in [6.07, 6.45) is 0.0364. The van der Waals surface area contributed by atoms with Crippen molar-refractivity contribution in [3.8, 4) is 17.3 Å². The van der Waals surface area contributed by atoms with Crippen LogP contribution < -0.4 is 5.32 Å². The molecule has 1 amide bonds. The Labute approximate surface area is 190 Å². The molecule has 2 aromatic carbocycles. The van der Waals surface area contributed by atoms with Crippen LogP contribution in [0.25, 0.3) is 11.3 Å². The minimum Gasteiger partial charge on any atom is -0.345 e. The van der Waals surface area contributed by atoms with Crippen LogP contribution in [-0.4, -0.2) is 50.0 Å². The van der Waals surface area contributed by atoms with E-state index < -0.39 is 15.9 Å². The number of nitrogens with one attached hydrogen (secondary N) is 1. The number of Topliss-reactive ketones (excluding diaryl/α,β-unsaturated/α-hetero) is 1. The second-order valence-electron chi connectivity index (χ2n) is 7.00. The fraction of sp³-hybridized carbons (Fsp3) is 0.182. The van der Waals surface area contributed by atoms with Gasteiger partial charge in [0.1, 0.15) is 5.01 Å². The third-order valence-electron chi connectivity index (χ3n) is 4.54. The third-order valence-corrected chi connectivity index (χ3v) is 7.20. The van der Waals surface area contributed by atoms with Gasteiger partial charge in [0.2, 0.25) is 10.0 Å². The van der Waals surface area contributed by atoms with E-state index in [1.807, 2.05) is 6.07 Å². The largest absolute Gasteiger partial charge is 0.345 e. The van der Waals surface area contributed by atoms with Crippen LogP contribution in [0, 0.1) is 11.3 Å². The molecule has 0 saturated carbocycles. The third kappa shape index (κ3) is 5.26. The van der Waals surface area contributed by atoms with Crippen LogP contribution in [0.15, 0.2) is 58.8 Å². The van der Waals surface area contributed by atoms with E-state index in [4.69, 9.17) is 0 Å². The van der Waals surface area contributed by atoms with Crippen molar-refractivity contribution in [3.05, 3.63) is 70.0 Å². The Kier molecular flexibility index (Phi) is 7.15. The lowest BCUT2D eigenvalue weighted by Crippen LogP contribution is -2.30. The number of aromatic nitrogens is 1. The molecule has 1 heterocycles. The predicted octanol–water partition coefficient (Wildman–Crippen LogP) is 2.47. The van der Waals surface area contributed by atoms with E-state index in [0.29, 0.717) is 21.8 Å². The number of ketones is 1. The standard InChI is InChI=1S/C22H20N4O4S2/c1-26(2)32(29,30)18-8-5-7-15(10-18)22(28)24-13-17(27)11-21-25-20(14-31-21)19-9-4-3-6-16(19)12-23/h3-10,14H,11,13H2,1-2H3,(H,24,28). The smallest absolute Gasteiger partial charge is 0.251 e. The van der Waals surface area contributed by atoms with Gasteiger partial charge in [0.05, 0.1) is 35.2 Å². The first-order valence-corrected chi connectivity index (χ1v) is 11.8. The van der Waals surface area contributed by atoms with Crippen molar-refractivity contribution in [2.45, 2.75) is 11.3 Å². The Morgan fingerprint density at radius 2 is 1.91 bits per heavy atom. The van der Waals surface area contributed by atoms with Crippen molar-refractivity contribution in [1.29, 1.82) is 5.26 Å². The van der Waals surface area contributed by atoms with Crippen molar-refractivity contribution in [3.63, 3.8) is 0 Å². The summed E-state index contributed by atoms with van der Waals surface area (Å²) >= 11 is 1.30. The number of carbonyl (C=O) groups is 2. The van der Waals surface area contributed by atoms with Crippen LogP contribution >= 0.6 is 11.3 Å². The highest BCUT2D eigenvalue weighted by molar-refractivity contribution is 7.89. The maximum atomic E-state index is 12.4. The number of nitrogens with zero attached hydrogens (tertiary/aromatic N) is 3. The van der Waals surface area contributed by atoms with Crippen molar-refractivity contribution in [2.24, 2.45) is 0 Å². The summed E-state index contributed by atoms with van der Waals surface area (Å²) in [4.78, 5) is 29.2. The molecular formula is C22H20N4O4S2. The number of nitriles is 1. The van der Waals surface area contributed by atoms with Gasteiger partial charge in [0.15, 0.2) is 5.78 Å². The van der Waals surface area contributed by atoms with Gasteiger partial charge in [0, 0.05) is 30.6 Å². The highest BCUT2D eigenvalue weighted by atomic mass is 32.2. The summed E-state index contributed by atoms with van der Waals surface area (Å²) in [5.41, 5.74) is 1.97. The van der Waals surface area contributed by atoms with Crippen LogP contribution in [0.1, 0.15) is 20.9 Å². The normalized spacial score (nSPS) is 11.2. The fourth-order valence-corrected chi connectivity index (χ4v) is 4.61. The molecule has 10 heteroatoms. The molecule has 0 aliphatic heterocycles. The van der Waals surface area contributed by atoms with E-state index in [1.54, 1.807) is 23.6 Å². The van der Waals surface area contributed by atoms with Crippen molar-refractivity contribution < 1.29 is 18.0 Å². The summed E-state index contributed by atoms with van der Waals surface area (Å²) in [6.45, 7) is -0.215. The van der Waals surface area contributed by atoms with Crippen molar-refractivity contribution in [2.75, 3.05) is 20.6 Å². The Bertz CT molecular complexity index is 1310. The number of rotatable bonds is 8. The van der Waals surface area contributed by atoms with Gasteiger partial charge in [-0.1, -0.05) is 24.3 Å². The SMILES string of the molecule is CN(C)S(=O)(=O)c1cccc(C(=O)NCC(=O)Cc2nc(-c3ccccc3C#N)cs2)c1. The number of amides is 1. The Morgan fingerprint density at radius 1 is 1.16 bits per heavy atom. The van der Waals surface area contributed by atoms with Gasteiger partial charge in [-0.2, -0.15) is 5.26 Å². The van der Waals surface area contributed by atoms with Crippen LogP contribution in [0.2, 0.25) is 0 Å². The van der Waals surface area contributed by atoms with Gasteiger partial charge in [0.25, 0.3) is 5.91 Å². The predicted molar refractivity (Wildman–Crippen MR) is 121 cm³/mol. The Morgan fingerprint density at radius 3 is 2.62 bits per heavy atom. The maximum absolute atomic E-state index is 12.4. The second-order valence-corrected chi connectivity index (χ2v) is 10.1. The molecule has 0 spiro atoms. The van der Waals surface area contributed by atoms with E-state index in [-0.39, 0.29) is 29.2 Å². The first kappa shape index (κ1) is 23.3. The number of thiazole rings is 1. The van der Waals surface area contributed by atoms with Gasteiger partial charge in [-0.3, -0.25) is 9.59 Å². The molecule has 3 rings (SSSR count). The molecule has 0 radical (unpaired) electrons. The summed E-state index contributed by atoms with van der Waals surface area (Å²) in [7, 11) is -0.858. The fourth-order valence-electron chi connectivity index (χ4n) is 2.84. The molecule has 8 nitrogen and oxygen atoms in total. The summed E-state index contributed by atoms with van der Waals surface area (Å²) in [5, 5.41) is 14.1. The summed E-state index contributed by atoms with van der Waals surface area (Å²) < 4.78 is 25.5. The average molecular weight is 469 g/mol. The molecule has 0 bridgehead atoms. The molecule has 0 atom stereocenters. The number of carbonyl (C=O) groups excluding carboxylic acids is 2. The Hall–Kier alpha value is -3.39. The molecule has 0 unspecified atom stereocenters. The van der Waals surface area contributed by atoms with E-state index in [2.05, 4.69) is 16.4 Å². The molecule has 1 N–H and O–H groups in total. The highest BCUT2D eigenvalue weighted by Gasteiger charge is 2.19. The van der Waals surface area contributed by atoms with Crippen LogP contribution in [0.5, 0.6) is 0 Å². The summed E-state index contributed by atoms with van der Waals surface area (Å²) in [5.74, 6) is -0.790. The van der Waals surface area contributed by atoms with E-state index in [1.165, 1.54) is 49.7 Å². The quantitative estimate of drug-likeness (QED) is 0.542. The zero-order valence-electron chi connectivity index (χ0n) is 17.4. The molecule has 3 aromatic rings. The van der Waals surface area contributed by atoms with Gasteiger partial charge in [-0.15, -0.1) is 11.3 Å². The van der Waals surface area contributed by atoms with Gasteiger partial charge >= 0.3 is 0 Å². The molecule has 32 heavy (non-hydrogen) atoms. The second kappa shape index (κ2) is 9.82. The lowest BCUT2D eigenvalue weighted by molar-refractivity contribution is -0.117. The van der Waals surface area contributed by atoms with Gasteiger partial charge < -0.3 is 5.32 Å². The minimum atomic E-state index is -3.67. The number of sulfonamides is 1. The maximum Gasteiger partial charge on any atom is 0.251 e. The van der Waals surface area contributed by atoms with Crippen molar-refractivity contribution in [1.82, 2.24) is 14.6 Å². The molecule has 164 valence electrons. The first-order valence-electron chi connectivity index (χ1n) is 9.48. The average Bonchev–Trinajstić information content (AvgIpc) is 3.25. The van der Waals surface area contributed by atoms with Crippen LogP contribution in [-0.2, 0) is 21.2 Å². The number of hydrogen-bond acceptors (Lipinski definition) is 7.